The van der Waals surface area contributed by atoms with Gasteiger partial charge in [-0.3, -0.25) is 0 Å². The van der Waals surface area contributed by atoms with Crippen LogP contribution < -0.4 is 14.2 Å². The maximum Gasteiger partial charge on any atom is 0.231 e. The minimum absolute atomic E-state index is 0.164. The lowest BCUT2D eigenvalue weighted by molar-refractivity contribution is -0.107. The molecule has 7 rings (SSSR count). The summed E-state index contributed by atoms with van der Waals surface area (Å²) in [5.41, 5.74) is -0.103. The molecule has 5 heterocycles. The number of aromatic nitrogens is 3. The molecule has 0 amide bonds. The topological polar surface area (TPSA) is 152 Å². The van der Waals surface area contributed by atoms with Crippen LogP contribution in [0.25, 0.3) is 16.7 Å². The van der Waals surface area contributed by atoms with Crippen molar-refractivity contribution in [2.24, 2.45) is 0 Å². The molecule has 3 aliphatic heterocycles. The van der Waals surface area contributed by atoms with Crippen LogP contribution in [-0.2, 0) is 15.9 Å². The van der Waals surface area contributed by atoms with Gasteiger partial charge in [0.05, 0.1) is 46.8 Å². The zero-order valence-electron chi connectivity index (χ0n) is 19.5. The summed E-state index contributed by atoms with van der Waals surface area (Å²) in [4.78, 5) is 0. The Morgan fingerprint density at radius 2 is 1.92 bits per heavy atom. The van der Waals surface area contributed by atoms with Gasteiger partial charge in [0, 0.05) is 18.9 Å². The van der Waals surface area contributed by atoms with Gasteiger partial charge in [0.25, 0.3) is 0 Å². The molecule has 12 heteroatoms. The number of aliphatic hydroxyl groups excluding tert-OH is 1. The van der Waals surface area contributed by atoms with Gasteiger partial charge in [0.1, 0.15) is 34.1 Å². The highest BCUT2D eigenvalue weighted by Crippen LogP contribution is 2.65. The van der Waals surface area contributed by atoms with Gasteiger partial charge in [-0.05, 0) is 31.2 Å². The van der Waals surface area contributed by atoms with Gasteiger partial charge < -0.3 is 34.3 Å². The molecule has 2 bridgehead atoms. The third-order valence-electron chi connectivity index (χ3n) is 7.51. The molecule has 0 saturated carbocycles. The fraction of sp³-hybridized carbons (Fsp3) is 0.320. The number of nitrogens with zero attached hydrogens (tertiary/aromatic N) is 4. The second-order valence-corrected chi connectivity index (χ2v) is 10.0. The van der Waals surface area contributed by atoms with Crippen LogP contribution in [0.1, 0.15) is 36.5 Å². The lowest BCUT2D eigenvalue weighted by Gasteiger charge is -2.26. The molecule has 1 saturated heterocycles. The molecule has 0 unspecified atom stereocenters. The molecule has 3 atom stereocenters. The van der Waals surface area contributed by atoms with Crippen LogP contribution >= 0.6 is 11.7 Å². The van der Waals surface area contributed by atoms with Gasteiger partial charge in [-0.2, -0.15) is 14.0 Å². The molecule has 188 valence electrons. The third-order valence-corrected chi connectivity index (χ3v) is 8.04. The highest BCUT2D eigenvalue weighted by atomic mass is 32.1. The first-order valence-corrected chi connectivity index (χ1v) is 12.3. The summed E-state index contributed by atoms with van der Waals surface area (Å²) in [6, 6.07) is 10.5. The lowest BCUT2D eigenvalue weighted by atomic mass is 9.76. The molecule has 2 aromatic heterocycles. The molecule has 0 radical (unpaired) electrons. The van der Waals surface area contributed by atoms with Gasteiger partial charge in [-0.1, -0.05) is 0 Å². The van der Waals surface area contributed by atoms with E-state index in [1.165, 1.54) is 4.57 Å². The Morgan fingerprint density at radius 1 is 1.14 bits per heavy atom. The predicted octanol–water partition coefficient (Wildman–Crippen LogP) is 3.17. The van der Waals surface area contributed by atoms with Crippen molar-refractivity contribution in [2.45, 2.75) is 37.1 Å². The summed E-state index contributed by atoms with van der Waals surface area (Å²) in [5, 5.41) is 43.2. The van der Waals surface area contributed by atoms with Crippen LogP contribution in [0.3, 0.4) is 0 Å². The van der Waals surface area contributed by atoms with Crippen molar-refractivity contribution in [3.05, 3.63) is 47.0 Å². The monoisotopic (exact) mass is 520 g/mol. The van der Waals surface area contributed by atoms with E-state index in [1.54, 1.807) is 37.3 Å². The molecular weight excluding hydrogens is 500 g/mol. The number of nitriles is 1. The Kier molecular flexibility index (Phi) is 4.48. The number of ether oxygens (including phenoxy) is 4. The summed E-state index contributed by atoms with van der Waals surface area (Å²) in [5.74, 6) is 1.36. The summed E-state index contributed by atoms with van der Waals surface area (Å²) in [6.45, 7) is 2.08. The van der Waals surface area contributed by atoms with Crippen molar-refractivity contribution in [1.29, 1.82) is 5.26 Å². The first kappa shape index (κ1) is 22.2. The average Bonchev–Trinajstić information content (AvgIpc) is 3.67. The van der Waals surface area contributed by atoms with Crippen LogP contribution in [-0.4, -0.2) is 48.1 Å². The quantitative estimate of drug-likeness (QED) is 0.358. The molecule has 1 fully saturated rings. The van der Waals surface area contributed by atoms with E-state index in [0.29, 0.717) is 57.1 Å². The smallest absolute Gasteiger partial charge is 0.231 e. The lowest BCUT2D eigenvalue weighted by Crippen LogP contribution is -2.33. The molecule has 37 heavy (non-hydrogen) atoms. The SMILES string of the molecule is C[C@@]12O[C@@](CCOc3ccc4c(c3)OCO4)(C[C@H]1O)c1c2c(O)n(-c2ccc(C#N)c3nsnc23)c1O. The molecule has 0 aliphatic carbocycles. The van der Waals surface area contributed by atoms with Crippen molar-refractivity contribution in [3.8, 4) is 40.8 Å². The summed E-state index contributed by atoms with van der Waals surface area (Å²) < 4.78 is 32.8. The first-order valence-electron chi connectivity index (χ1n) is 11.6. The molecule has 0 spiro atoms. The van der Waals surface area contributed by atoms with Gasteiger partial charge in [0.2, 0.25) is 18.6 Å². The second kappa shape index (κ2) is 7.48. The fourth-order valence-electron chi connectivity index (χ4n) is 5.77. The molecule has 3 N–H and O–H groups in total. The molecule has 11 nitrogen and oxygen atoms in total. The number of fused-ring (bicyclic) bond motifs is 7. The van der Waals surface area contributed by atoms with E-state index in [1.807, 2.05) is 0 Å². The Labute approximate surface area is 214 Å². The fourth-order valence-corrected chi connectivity index (χ4v) is 6.34. The average molecular weight is 521 g/mol. The Balaban J connectivity index is 1.28. The number of aliphatic hydroxyl groups is 1. The summed E-state index contributed by atoms with van der Waals surface area (Å²) >= 11 is 0.937. The maximum atomic E-state index is 11.5. The Hall–Kier alpha value is -4.05. The minimum atomic E-state index is -1.23. The van der Waals surface area contributed by atoms with Gasteiger partial charge in [0.15, 0.2) is 11.5 Å². The van der Waals surface area contributed by atoms with E-state index in [0.717, 1.165) is 11.7 Å². The maximum absolute atomic E-state index is 11.5. The number of hydrogen-bond acceptors (Lipinski definition) is 11. The van der Waals surface area contributed by atoms with Crippen LogP contribution in [0, 0.1) is 11.3 Å². The number of aromatic hydroxyl groups is 2. The van der Waals surface area contributed by atoms with E-state index >= 15 is 0 Å². The summed E-state index contributed by atoms with van der Waals surface area (Å²) in [6.07, 6.45) is -0.383. The van der Waals surface area contributed by atoms with Gasteiger partial charge in [-0.15, -0.1) is 0 Å². The van der Waals surface area contributed by atoms with Crippen molar-refractivity contribution < 1.29 is 34.3 Å². The van der Waals surface area contributed by atoms with Crippen LogP contribution in [0.15, 0.2) is 30.3 Å². The van der Waals surface area contributed by atoms with Crippen molar-refractivity contribution >= 4 is 22.8 Å². The number of benzene rings is 2. The van der Waals surface area contributed by atoms with Gasteiger partial charge >= 0.3 is 0 Å². The zero-order valence-corrected chi connectivity index (χ0v) is 20.3. The Bertz CT molecular complexity index is 1640. The molecule has 3 aliphatic rings. The minimum Gasteiger partial charge on any atom is -0.494 e. The largest absolute Gasteiger partial charge is 0.494 e. The normalized spacial score (nSPS) is 24.9. The van der Waals surface area contributed by atoms with E-state index < -0.39 is 17.3 Å². The second-order valence-electron chi connectivity index (χ2n) is 9.47. The predicted molar refractivity (Wildman–Crippen MR) is 128 cm³/mol. The van der Waals surface area contributed by atoms with E-state index in [2.05, 4.69) is 14.8 Å². The first-order chi connectivity index (χ1) is 17.9. The van der Waals surface area contributed by atoms with Crippen LogP contribution in [0.5, 0.6) is 29.0 Å². The van der Waals surface area contributed by atoms with Crippen LogP contribution in [0.2, 0.25) is 0 Å². The van der Waals surface area contributed by atoms with Crippen molar-refractivity contribution in [3.63, 3.8) is 0 Å². The number of hydrogen-bond donors (Lipinski definition) is 3. The molecule has 2 aromatic carbocycles. The van der Waals surface area contributed by atoms with Gasteiger partial charge in [-0.25, -0.2) is 4.57 Å². The Morgan fingerprint density at radius 3 is 2.76 bits per heavy atom. The third kappa shape index (κ3) is 2.87. The zero-order chi connectivity index (χ0) is 25.5. The molecular formula is C25H20N4O7S. The summed E-state index contributed by atoms with van der Waals surface area (Å²) in [7, 11) is 0. The molecule has 4 aromatic rings. The van der Waals surface area contributed by atoms with E-state index in [9.17, 15) is 20.6 Å². The standard InChI is InChI=1S/C25H20N4O7S/c1-24-17(30)9-25(36-24,6-7-33-13-3-5-15-16(8-13)35-11-34-15)19-18(24)22(31)29(23(19)32)14-4-2-12(10-26)20-21(14)28-37-27-20/h2-5,8,17,30-32H,6-7,9,11H2,1H3/t17-,24-,25+/m1/s1. The van der Waals surface area contributed by atoms with E-state index in [4.69, 9.17) is 18.9 Å². The van der Waals surface area contributed by atoms with E-state index in [-0.39, 0.29) is 31.6 Å². The highest BCUT2D eigenvalue weighted by Gasteiger charge is 2.66. The van der Waals surface area contributed by atoms with Crippen molar-refractivity contribution in [1.82, 2.24) is 13.3 Å². The van der Waals surface area contributed by atoms with Crippen LogP contribution in [0.4, 0.5) is 0 Å². The van der Waals surface area contributed by atoms with Crippen molar-refractivity contribution in [2.75, 3.05) is 13.4 Å². The highest BCUT2D eigenvalue weighted by molar-refractivity contribution is 7.00. The number of rotatable bonds is 5.